The topological polar surface area (TPSA) is 90.9 Å². The van der Waals surface area contributed by atoms with Gasteiger partial charge in [0.15, 0.2) is 15.8 Å². The summed E-state index contributed by atoms with van der Waals surface area (Å²) in [5.74, 6) is 0.715. The highest BCUT2D eigenvalue weighted by atomic mass is 127. The van der Waals surface area contributed by atoms with Crippen molar-refractivity contribution in [2.45, 2.75) is 43.7 Å². The number of nitrogens with zero attached hydrogens (tertiary/aromatic N) is 2. The standard InChI is InChI=1S/C23H30N4O3S.HI/c1-3-19(17-31(29,30)21-8-5-4-6-9-21)26-23(24-2)25-16-18-11-13-20(14-12-18)27-15-7-10-22(27)28;/h4-6,8-9,11-14,19H,3,7,10,15-17H2,1-2H3,(H2,24,25,26);1H. The summed E-state index contributed by atoms with van der Waals surface area (Å²) < 4.78 is 25.4. The highest BCUT2D eigenvalue weighted by molar-refractivity contribution is 14.0. The average Bonchev–Trinajstić information content (AvgIpc) is 3.22. The van der Waals surface area contributed by atoms with E-state index < -0.39 is 9.84 Å². The third kappa shape index (κ3) is 6.93. The largest absolute Gasteiger partial charge is 0.353 e. The normalized spacial score (nSPS) is 15.2. The maximum Gasteiger partial charge on any atom is 0.227 e. The number of amides is 1. The Balaban J connectivity index is 0.00000363. The number of rotatable bonds is 8. The molecule has 2 N–H and O–H groups in total. The molecule has 2 aromatic carbocycles. The molecule has 1 aliphatic heterocycles. The van der Waals surface area contributed by atoms with E-state index in [0.29, 0.717) is 30.2 Å². The van der Waals surface area contributed by atoms with E-state index in [-0.39, 0.29) is 41.7 Å². The number of sulfone groups is 1. The quantitative estimate of drug-likeness (QED) is 0.289. The van der Waals surface area contributed by atoms with Gasteiger partial charge >= 0.3 is 0 Å². The van der Waals surface area contributed by atoms with Crippen molar-refractivity contribution in [3.05, 3.63) is 60.2 Å². The van der Waals surface area contributed by atoms with E-state index in [9.17, 15) is 13.2 Å². The summed E-state index contributed by atoms with van der Waals surface area (Å²) in [5.41, 5.74) is 1.97. The Bertz CT molecular complexity index is 1010. The summed E-state index contributed by atoms with van der Waals surface area (Å²) in [4.78, 5) is 18.3. The molecule has 7 nitrogen and oxygen atoms in total. The molecule has 9 heteroatoms. The van der Waals surface area contributed by atoms with Gasteiger partial charge in [-0.15, -0.1) is 24.0 Å². The van der Waals surface area contributed by atoms with E-state index in [1.54, 1.807) is 37.4 Å². The van der Waals surface area contributed by atoms with Gasteiger partial charge in [-0.2, -0.15) is 0 Å². The molecule has 0 saturated carbocycles. The molecule has 0 radical (unpaired) electrons. The average molecular weight is 570 g/mol. The summed E-state index contributed by atoms with van der Waals surface area (Å²) in [6, 6.07) is 16.1. The molecule has 1 atom stereocenters. The van der Waals surface area contributed by atoms with Gasteiger partial charge in [0.25, 0.3) is 0 Å². The first-order chi connectivity index (χ1) is 14.9. The van der Waals surface area contributed by atoms with Crippen molar-refractivity contribution >= 4 is 51.4 Å². The van der Waals surface area contributed by atoms with Gasteiger partial charge in [-0.1, -0.05) is 37.3 Å². The van der Waals surface area contributed by atoms with E-state index in [1.807, 2.05) is 36.1 Å². The van der Waals surface area contributed by atoms with Crippen molar-refractivity contribution < 1.29 is 13.2 Å². The predicted octanol–water partition coefficient (Wildman–Crippen LogP) is 3.35. The Hall–Kier alpha value is -2.14. The SMILES string of the molecule is CCC(CS(=O)(=O)c1ccccc1)NC(=NC)NCc1ccc(N2CCCC2=O)cc1.I. The summed E-state index contributed by atoms with van der Waals surface area (Å²) in [6.07, 6.45) is 2.16. The monoisotopic (exact) mass is 570 g/mol. The predicted molar refractivity (Wildman–Crippen MR) is 139 cm³/mol. The molecule has 3 rings (SSSR count). The van der Waals surface area contributed by atoms with Gasteiger partial charge in [0.2, 0.25) is 5.91 Å². The molecular formula is C23H31IN4O3S. The maximum atomic E-state index is 12.7. The lowest BCUT2D eigenvalue weighted by Crippen LogP contribution is -2.45. The number of halogens is 1. The number of aliphatic imine (C=N–C) groups is 1. The van der Waals surface area contributed by atoms with Crippen LogP contribution < -0.4 is 15.5 Å². The fourth-order valence-corrected chi connectivity index (χ4v) is 5.15. The van der Waals surface area contributed by atoms with Crippen LogP contribution in [0.1, 0.15) is 31.7 Å². The van der Waals surface area contributed by atoms with Crippen LogP contribution in [0.3, 0.4) is 0 Å². The van der Waals surface area contributed by atoms with Crippen molar-refractivity contribution in [2.24, 2.45) is 4.99 Å². The number of carbonyl (C=O) groups excluding carboxylic acids is 1. The van der Waals surface area contributed by atoms with Crippen molar-refractivity contribution in [3.8, 4) is 0 Å². The molecule has 1 fully saturated rings. The molecule has 1 heterocycles. The number of carbonyl (C=O) groups is 1. The molecule has 0 bridgehead atoms. The van der Waals surface area contributed by atoms with Gasteiger partial charge < -0.3 is 15.5 Å². The minimum absolute atomic E-state index is 0. The zero-order chi connectivity index (χ0) is 22.3. The van der Waals surface area contributed by atoms with Crippen molar-refractivity contribution in [3.63, 3.8) is 0 Å². The Morgan fingerprint density at radius 3 is 2.38 bits per heavy atom. The summed E-state index contributed by atoms with van der Waals surface area (Å²) in [5, 5.41) is 6.46. The second-order valence-corrected chi connectivity index (χ2v) is 9.62. The first-order valence-electron chi connectivity index (χ1n) is 10.6. The fraction of sp³-hybridized carbons (Fsp3) is 0.391. The van der Waals surface area contributed by atoms with Crippen LogP contribution in [0.25, 0.3) is 0 Å². The van der Waals surface area contributed by atoms with Crippen LogP contribution in [0, 0.1) is 0 Å². The fourth-order valence-electron chi connectivity index (χ4n) is 3.54. The smallest absolute Gasteiger partial charge is 0.227 e. The molecule has 1 saturated heterocycles. The highest BCUT2D eigenvalue weighted by Crippen LogP contribution is 2.21. The number of benzene rings is 2. The number of anilines is 1. The van der Waals surface area contributed by atoms with E-state index in [1.165, 1.54) is 0 Å². The highest BCUT2D eigenvalue weighted by Gasteiger charge is 2.22. The molecule has 32 heavy (non-hydrogen) atoms. The lowest BCUT2D eigenvalue weighted by Gasteiger charge is -2.21. The lowest BCUT2D eigenvalue weighted by atomic mass is 10.2. The number of nitrogens with one attached hydrogen (secondary N) is 2. The van der Waals surface area contributed by atoms with E-state index in [2.05, 4.69) is 15.6 Å². The molecule has 1 amide bonds. The second-order valence-electron chi connectivity index (χ2n) is 7.59. The van der Waals surface area contributed by atoms with Gasteiger partial charge in [-0.25, -0.2) is 8.42 Å². The number of guanidine groups is 1. The van der Waals surface area contributed by atoms with Gasteiger partial charge in [-0.3, -0.25) is 9.79 Å². The summed E-state index contributed by atoms with van der Waals surface area (Å²) >= 11 is 0. The van der Waals surface area contributed by atoms with Gasteiger partial charge in [0.1, 0.15) is 0 Å². The maximum absolute atomic E-state index is 12.7. The Morgan fingerprint density at radius 1 is 1.12 bits per heavy atom. The molecule has 0 spiro atoms. The minimum Gasteiger partial charge on any atom is -0.353 e. The zero-order valence-electron chi connectivity index (χ0n) is 18.5. The van der Waals surface area contributed by atoms with Gasteiger partial charge in [0, 0.05) is 38.3 Å². The van der Waals surface area contributed by atoms with E-state index >= 15 is 0 Å². The van der Waals surface area contributed by atoms with Crippen LogP contribution in [-0.2, 0) is 21.2 Å². The van der Waals surface area contributed by atoms with Crippen LogP contribution >= 0.6 is 24.0 Å². The Kier molecular flexibility index (Phi) is 9.95. The zero-order valence-corrected chi connectivity index (χ0v) is 21.6. The molecular weight excluding hydrogens is 539 g/mol. The first kappa shape index (κ1) is 26.1. The van der Waals surface area contributed by atoms with Crippen LogP contribution in [0.5, 0.6) is 0 Å². The third-order valence-corrected chi connectivity index (χ3v) is 7.19. The van der Waals surface area contributed by atoms with E-state index in [0.717, 1.165) is 24.2 Å². The Morgan fingerprint density at radius 2 is 1.81 bits per heavy atom. The molecule has 1 unspecified atom stereocenters. The number of hydrogen-bond acceptors (Lipinski definition) is 4. The van der Waals surface area contributed by atoms with E-state index in [4.69, 9.17) is 0 Å². The molecule has 1 aliphatic rings. The molecule has 2 aromatic rings. The van der Waals surface area contributed by atoms with Crippen LogP contribution in [0.2, 0.25) is 0 Å². The van der Waals surface area contributed by atoms with Gasteiger partial charge in [-0.05, 0) is 42.7 Å². The van der Waals surface area contributed by atoms with Gasteiger partial charge in [0.05, 0.1) is 10.6 Å². The van der Waals surface area contributed by atoms with Crippen LogP contribution in [0.4, 0.5) is 5.69 Å². The molecule has 174 valence electrons. The van der Waals surface area contributed by atoms with Crippen LogP contribution in [0.15, 0.2) is 64.5 Å². The first-order valence-corrected chi connectivity index (χ1v) is 12.2. The third-order valence-electron chi connectivity index (χ3n) is 5.36. The summed E-state index contributed by atoms with van der Waals surface area (Å²) in [7, 11) is -1.72. The molecule has 0 aliphatic carbocycles. The second kappa shape index (κ2) is 12.2. The number of hydrogen-bond donors (Lipinski definition) is 2. The Labute approximate surface area is 207 Å². The summed E-state index contributed by atoms with van der Waals surface area (Å²) in [6.45, 7) is 3.26. The van der Waals surface area contributed by atoms with Crippen molar-refractivity contribution in [2.75, 3.05) is 24.2 Å². The minimum atomic E-state index is -3.39. The van der Waals surface area contributed by atoms with Crippen molar-refractivity contribution in [1.82, 2.24) is 10.6 Å². The van der Waals surface area contributed by atoms with Crippen LogP contribution in [-0.4, -0.2) is 45.7 Å². The molecule has 0 aromatic heterocycles. The lowest BCUT2D eigenvalue weighted by molar-refractivity contribution is -0.117. The van der Waals surface area contributed by atoms with Crippen molar-refractivity contribution in [1.29, 1.82) is 0 Å².